The van der Waals surface area contributed by atoms with E-state index in [-0.39, 0.29) is 5.92 Å². The van der Waals surface area contributed by atoms with Crippen molar-refractivity contribution in [3.05, 3.63) is 0 Å². The molecule has 0 aliphatic heterocycles. The molecule has 86 valence electrons. The Morgan fingerprint density at radius 2 is 1.80 bits per heavy atom. The third-order valence-electron chi connectivity index (χ3n) is 4.47. The van der Waals surface area contributed by atoms with Crippen molar-refractivity contribution in [2.45, 2.75) is 38.5 Å². The number of rotatable bonds is 2. The van der Waals surface area contributed by atoms with Gasteiger partial charge in [0.05, 0.1) is 5.92 Å². The van der Waals surface area contributed by atoms with Crippen molar-refractivity contribution >= 4 is 5.97 Å². The normalized spacial score (nSPS) is 40.9. The largest absolute Gasteiger partial charge is 0.481 e. The molecule has 0 radical (unpaired) electrons. The molecule has 0 aromatic rings. The van der Waals surface area contributed by atoms with Gasteiger partial charge in [0.25, 0.3) is 0 Å². The minimum absolute atomic E-state index is 0.0851. The predicted octanol–water partition coefficient (Wildman–Crippen LogP) is 1.86. The molecule has 3 nitrogen and oxygen atoms in total. The van der Waals surface area contributed by atoms with Gasteiger partial charge in [-0.2, -0.15) is 0 Å². The molecule has 0 saturated heterocycles. The summed E-state index contributed by atoms with van der Waals surface area (Å²) in [6, 6.07) is 0. The number of hydrogen-bond donors (Lipinski definition) is 2. The number of fused-ring (bicyclic) bond motifs is 1. The lowest BCUT2D eigenvalue weighted by Gasteiger charge is -2.44. The third kappa shape index (κ3) is 2.03. The summed E-state index contributed by atoms with van der Waals surface area (Å²) >= 11 is 0. The molecule has 0 bridgehead atoms. The van der Waals surface area contributed by atoms with E-state index in [1.807, 2.05) is 0 Å². The summed E-state index contributed by atoms with van der Waals surface area (Å²) in [5, 5.41) is 9.20. The van der Waals surface area contributed by atoms with Gasteiger partial charge < -0.3 is 10.8 Å². The van der Waals surface area contributed by atoms with Crippen molar-refractivity contribution in [2.24, 2.45) is 29.4 Å². The van der Waals surface area contributed by atoms with Crippen LogP contribution in [-0.4, -0.2) is 17.6 Å². The lowest BCUT2D eigenvalue weighted by Crippen LogP contribution is -2.42. The molecule has 4 atom stereocenters. The van der Waals surface area contributed by atoms with Gasteiger partial charge >= 0.3 is 5.97 Å². The summed E-state index contributed by atoms with van der Waals surface area (Å²) < 4.78 is 0. The number of carbonyl (C=O) groups is 1. The van der Waals surface area contributed by atoms with Crippen LogP contribution >= 0.6 is 0 Å². The first kappa shape index (κ1) is 10.9. The average molecular weight is 211 g/mol. The molecule has 3 heteroatoms. The van der Waals surface area contributed by atoms with Crippen molar-refractivity contribution in [3.8, 4) is 0 Å². The topological polar surface area (TPSA) is 63.3 Å². The number of aliphatic carboxylic acids is 1. The highest BCUT2D eigenvalue weighted by Gasteiger charge is 2.42. The first-order valence-corrected chi connectivity index (χ1v) is 6.17. The van der Waals surface area contributed by atoms with E-state index in [0.717, 1.165) is 25.8 Å². The molecule has 0 amide bonds. The van der Waals surface area contributed by atoms with Crippen molar-refractivity contribution in [3.63, 3.8) is 0 Å². The monoisotopic (exact) mass is 211 g/mol. The molecule has 0 aromatic heterocycles. The summed E-state index contributed by atoms with van der Waals surface area (Å²) in [7, 11) is 0. The lowest BCUT2D eigenvalue weighted by atomic mass is 9.61. The standard InChI is InChI=1S/C12H21NO2/c13-7-8-5-6-11(12(14)15)10-4-2-1-3-9(8)10/h8-11H,1-7,13H2,(H,14,15). The maximum Gasteiger partial charge on any atom is 0.306 e. The molecule has 15 heavy (non-hydrogen) atoms. The SMILES string of the molecule is NCC1CCC(C(=O)O)C2CCCCC12. The lowest BCUT2D eigenvalue weighted by molar-refractivity contribution is -0.148. The van der Waals surface area contributed by atoms with Gasteiger partial charge in [0, 0.05) is 0 Å². The van der Waals surface area contributed by atoms with Crippen LogP contribution < -0.4 is 5.73 Å². The number of carboxylic acids is 1. The van der Waals surface area contributed by atoms with Gasteiger partial charge in [-0.25, -0.2) is 0 Å². The maximum absolute atomic E-state index is 11.2. The molecule has 2 saturated carbocycles. The molecule has 2 fully saturated rings. The molecule has 0 aromatic carbocycles. The Bertz CT molecular complexity index is 242. The highest BCUT2D eigenvalue weighted by atomic mass is 16.4. The second-order valence-electron chi connectivity index (χ2n) is 5.13. The Labute approximate surface area is 91.0 Å². The zero-order valence-electron chi connectivity index (χ0n) is 9.19. The van der Waals surface area contributed by atoms with Gasteiger partial charge in [0.15, 0.2) is 0 Å². The Kier molecular flexibility index (Phi) is 3.29. The zero-order chi connectivity index (χ0) is 10.8. The average Bonchev–Trinajstić information content (AvgIpc) is 2.27. The Morgan fingerprint density at radius 1 is 1.13 bits per heavy atom. The van der Waals surface area contributed by atoms with Crippen LogP contribution in [0.1, 0.15) is 38.5 Å². The zero-order valence-corrected chi connectivity index (χ0v) is 9.19. The van der Waals surface area contributed by atoms with E-state index in [0.29, 0.717) is 17.8 Å². The minimum atomic E-state index is -0.581. The van der Waals surface area contributed by atoms with Crippen LogP contribution in [0.4, 0.5) is 0 Å². The van der Waals surface area contributed by atoms with Crippen molar-refractivity contribution in [1.82, 2.24) is 0 Å². The van der Waals surface area contributed by atoms with Gasteiger partial charge in [0.1, 0.15) is 0 Å². The molecular formula is C12H21NO2. The van der Waals surface area contributed by atoms with Crippen molar-refractivity contribution in [1.29, 1.82) is 0 Å². The molecular weight excluding hydrogens is 190 g/mol. The molecule has 4 unspecified atom stereocenters. The highest BCUT2D eigenvalue weighted by molar-refractivity contribution is 5.70. The van der Waals surface area contributed by atoms with E-state index in [1.165, 1.54) is 19.3 Å². The smallest absolute Gasteiger partial charge is 0.306 e. The van der Waals surface area contributed by atoms with Crippen LogP contribution in [0, 0.1) is 23.7 Å². The summed E-state index contributed by atoms with van der Waals surface area (Å²) in [4.78, 5) is 11.2. The molecule has 3 N–H and O–H groups in total. The Morgan fingerprint density at radius 3 is 2.40 bits per heavy atom. The fraction of sp³-hybridized carbons (Fsp3) is 0.917. The summed E-state index contributed by atoms with van der Waals surface area (Å²) in [5.74, 6) is 0.934. The first-order chi connectivity index (χ1) is 7.24. The van der Waals surface area contributed by atoms with Gasteiger partial charge in [-0.05, 0) is 50.0 Å². The summed E-state index contributed by atoms with van der Waals surface area (Å²) in [6.45, 7) is 0.744. The van der Waals surface area contributed by atoms with E-state index in [9.17, 15) is 9.90 Å². The number of carboxylic acid groups (broad SMARTS) is 1. The molecule has 0 spiro atoms. The van der Waals surface area contributed by atoms with Crippen molar-refractivity contribution in [2.75, 3.05) is 6.54 Å². The Hall–Kier alpha value is -0.570. The van der Waals surface area contributed by atoms with Gasteiger partial charge in [-0.3, -0.25) is 4.79 Å². The molecule has 0 heterocycles. The molecule has 2 rings (SSSR count). The maximum atomic E-state index is 11.2. The van der Waals surface area contributed by atoms with Crippen LogP contribution in [0.5, 0.6) is 0 Å². The van der Waals surface area contributed by atoms with E-state index in [2.05, 4.69) is 0 Å². The predicted molar refractivity (Wildman–Crippen MR) is 58.4 cm³/mol. The Balaban J connectivity index is 2.12. The minimum Gasteiger partial charge on any atom is -0.481 e. The first-order valence-electron chi connectivity index (χ1n) is 6.17. The van der Waals surface area contributed by atoms with Crippen LogP contribution in [0.2, 0.25) is 0 Å². The van der Waals surface area contributed by atoms with E-state index < -0.39 is 5.97 Å². The van der Waals surface area contributed by atoms with E-state index in [1.54, 1.807) is 0 Å². The second-order valence-corrected chi connectivity index (χ2v) is 5.13. The quantitative estimate of drug-likeness (QED) is 0.732. The van der Waals surface area contributed by atoms with Gasteiger partial charge in [0.2, 0.25) is 0 Å². The third-order valence-corrected chi connectivity index (χ3v) is 4.47. The number of hydrogen-bond acceptors (Lipinski definition) is 2. The molecule has 2 aliphatic carbocycles. The van der Waals surface area contributed by atoms with Crippen LogP contribution in [0.25, 0.3) is 0 Å². The van der Waals surface area contributed by atoms with Crippen molar-refractivity contribution < 1.29 is 9.90 Å². The number of nitrogens with two attached hydrogens (primary N) is 1. The van der Waals surface area contributed by atoms with E-state index in [4.69, 9.17) is 5.73 Å². The van der Waals surface area contributed by atoms with Crippen LogP contribution in [-0.2, 0) is 4.79 Å². The van der Waals surface area contributed by atoms with E-state index >= 15 is 0 Å². The highest BCUT2D eigenvalue weighted by Crippen LogP contribution is 2.46. The second kappa shape index (κ2) is 4.52. The summed E-state index contributed by atoms with van der Waals surface area (Å²) in [6.07, 6.45) is 6.66. The fourth-order valence-corrected chi connectivity index (χ4v) is 3.69. The summed E-state index contributed by atoms with van der Waals surface area (Å²) in [5.41, 5.74) is 5.78. The van der Waals surface area contributed by atoms with Crippen LogP contribution in [0.3, 0.4) is 0 Å². The van der Waals surface area contributed by atoms with Crippen LogP contribution in [0.15, 0.2) is 0 Å². The van der Waals surface area contributed by atoms with Gasteiger partial charge in [-0.1, -0.05) is 12.8 Å². The van der Waals surface area contributed by atoms with Gasteiger partial charge in [-0.15, -0.1) is 0 Å². The fourth-order valence-electron chi connectivity index (χ4n) is 3.69. The molecule has 2 aliphatic rings.